The molecule has 160 valence electrons. The van der Waals surface area contributed by atoms with Crippen LogP contribution in [0.5, 0.6) is 5.75 Å². The molecule has 0 unspecified atom stereocenters. The highest BCUT2D eigenvalue weighted by Crippen LogP contribution is 2.35. The van der Waals surface area contributed by atoms with Crippen LogP contribution >= 0.6 is 40.2 Å². The average Bonchev–Trinajstić information content (AvgIpc) is 2.62. The molecule has 0 amide bonds. The van der Waals surface area contributed by atoms with E-state index in [9.17, 15) is 5.11 Å². The second-order valence-electron chi connectivity index (χ2n) is 5.73. The number of aliphatic hydroxyl groups excluding tert-OH is 1. The molecule has 1 aromatic rings. The van der Waals surface area contributed by atoms with E-state index in [-0.39, 0.29) is 0 Å². The molecular weight excluding hydrogens is 507 g/mol. The molecule has 1 aromatic carbocycles. The molecule has 0 aliphatic rings. The van der Waals surface area contributed by atoms with Crippen molar-refractivity contribution in [2.45, 2.75) is 41.0 Å². The second-order valence-corrected chi connectivity index (χ2v) is 8.63. The maximum absolute atomic E-state index is 9.20. The Kier molecular flexibility index (Phi) is 18.2. The number of hydrogen-bond acceptors (Lipinski definition) is 4. The molecule has 0 radical (unpaired) electrons. The van der Waals surface area contributed by atoms with Crippen molar-refractivity contribution >= 4 is 40.2 Å². The van der Waals surface area contributed by atoms with Crippen molar-refractivity contribution in [2.75, 3.05) is 13.3 Å². The van der Waals surface area contributed by atoms with Crippen LogP contribution in [-0.4, -0.2) is 28.2 Å². The summed E-state index contributed by atoms with van der Waals surface area (Å²) < 4.78 is 6.88. The Morgan fingerprint density at radius 2 is 1.71 bits per heavy atom. The van der Waals surface area contributed by atoms with Gasteiger partial charge in [0.25, 0.3) is 0 Å². The fourth-order valence-electron chi connectivity index (χ4n) is 2.08. The Labute approximate surface area is 188 Å². The smallest absolute Gasteiger partial charge is 0.165 e. The molecule has 28 heavy (non-hydrogen) atoms. The topological polar surface area (TPSA) is 69.9 Å². The molecule has 0 saturated heterocycles. The normalized spacial score (nSPS) is 11.4. The van der Waals surface area contributed by atoms with E-state index < -0.39 is 8.38 Å². The Morgan fingerprint density at radius 3 is 2.04 bits per heavy atom. The van der Waals surface area contributed by atoms with Gasteiger partial charge in [-0.2, -0.15) is 0 Å². The quantitative estimate of drug-likeness (QED) is 0.193. The van der Waals surface area contributed by atoms with Gasteiger partial charge in [-0.25, -0.2) is 0 Å². The van der Waals surface area contributed by atoms with E-state index in [4.69, 9.17) is 14.5 Å². The molecule has 3 N–H and O–H groups in total. The summed E-state index contributed by atoms with van der Waals surface area (Å²) in [6.45, 7) is 13.3. The summed E-state index contributed by atoms with van der Waals surface area (Å²) in [6.07, 6.45) is 6.44. The minimum Gasteiger partial charge on any atom is -0.512 e. The largest absolute Gasteiger partial charge is 0.512 e. The maximum atomic E-state index is 9.20. The highest BCUT2D eigenvalue weighted by Gasteiger charge is 2.08. The summed E-state index contributed by atoms with van der Waals surface area (Å²) in [5, 5.41) is 9.20. The lowest BCUT2D eigenvalue weighted by Crippen LogP contribution is -1.93. The van der Waals surface area contributed by atoms with E-state index in [1.54, 1.807) is 20.1 Å². The van der Waals surface area contributed by atoms with Crippen molar-refractivity contribution in [3.63, 3.8) is 0 Å². The number of aryl methyl sites for hydroxylation is 1. The van der Waals surface area contributed by atoms with Crippen LogP contribution in [0.3, 0.4) is 0 Å². The van der Waals surface area contributed by atoms with Crippen molar-refractivity contribution in [1.29, 1.82) is 0 Å². The Bertz CT molecular complexity index is 614. The summed E-state index contributed by atoms with van der Waals surface area (Å²) in [6, 6.07) is 3.84. The zero-order valence-corrected chi connectivity index (χ0v) is 21.6. The van der Waals surface area contributed by atoms with Crippen LogP contribution in [0.1, 0.15) is 40.2 Å². The molecule has 0 heterocycles. The van der Waals surface area contributed by atoms with Gasteiger partial charge < -0.3 is 19.6 Å². The van der Waals surface area contributed by atoms with Crippen molar-refractivity contribution in [2.24, 2.45) is 5.92 Å². The monoisotopic (exact) mass is 538 g/mol. The zero-order chi connectivity index (χ0) is 22.3. The standard InChI is InChI=1S/C10H16O.C9H11Br2O3P.C2H6/c1-5-6-7-10(8(2)3)9(4)11;1-14-9-7(10)4-6(5-8(9)11)2-3-15(12)13;1-2/h5-8,11H,1H2,2-4H3;4-5,12-13H,2-3H2,1H3;1-2H3/b7-6-,10-9-;;. The minimum atomic E-state index is -1.82. The lowest BCUT2D eigenvalue weighted by molar-refractivity contribution is 0.402. The second kappa shape index (κ2) is 17.2. The summed E-state index contributed by atoms with van der Waals surface area (Å²) in [5.41, 5.74) is 2.00. The van der Waals surface area contributed by atoms with Crippen LogP contribution in [0.25, 0.3) is 0 Å². The third-order valence-electron chi connectivity index (χ3n) is 3.31. The SMILES string of the molecule is C=C/C=C\C(=C(/C)O)C(C)C.CC.COc1c(Br)cc(CCP(O)O)cc1Br. The number of allylic oxidation sites excluding steroid dienone is 5. The maximum Gasteiger partial charge on any atom is 0.165 e. The Hall–Kier alpha value is -0.650. The Morgan fingerprint density at radius 1 is 1.21 bits per heavy atom. The molecule has 0 saturated carbocycles. The van der Waals surface area contributed by atoms with Gasteiger partial charge in [0.05, 0.1) is 21.8 Å². The Balaban J connectivity index is 0. The van der Waals surface area contributed by atoms with Crippen molar-refractivity contribution in [3.8, 4) is 5.75 Å². The van der Waals surface area contributed by atoms with Gasteiger partial charge in [0.15, 0.2) is 8.38 Å². The number of ether oxygens (including phenoxy) is 1. The van der Waals surface area contributed by atoms with E-state index in [0.29, 0.717) is 24.3 Å². The molecule has 1 rings (SSSR count). The first-order valence-corrected chi connectivity index (χ1v) is 12.0. The van der Waals surface area contributed by atoms with Crippen molar-refractivity contribution < 1.29 is 19.6 Å². The van der Waals surface area contributed by atoms with Gasteiger partial charge in [0.1, 0.15) is 5.75 Å². The lowest BCUT2D eigenvalue weighted by Gasteiger charge is -2.09. The molecule has 0 spiro atoms. The summed E-state index contributed by atoms with van der Waals surface area (Å²) in [4.78, 5) is 17.7. The minimum absolute atomic E-state index is 0.358. The van der Waals surface area contributed by atoms with Gasteiger partial charge in [-0.1, -0.05) is 52.5 Å². The van der Waals surface area contributed by atoms with E-state index in [2.05, 4.69) is 38.4 Å². The van der Waals surface area contributed by atoms with Gasteiger partial charge in [0, 0.05) is 6.16 Å². The molecule has 0 fully saturated rings. The molecule has 7 heteroatoms. The molecule has 0 aliphatic heterocycles. The fraction of sp³-hybridized carbons (Fsp3) is 0.429. The fourth-order valence-corrected chi connectivity index (χ4v) is 4.15. The van der Waals surface area contributed by atoms with Crippen molar-refractivity contribution in [3.05, 3.63) is 62.8 Å². The van der Waals surface area contributed by atoms with E-state index in [1.807, 2.05) is 52.0 Å². The predicted octanol–water partition coefficient (Wildman–Crippen LogP) is 7.30. The van der Waals surface area contributed by atoms with Crippen LogP contribution < -0.4 is 4.74 Å². The summed E-state index contributed by atoms with van der Waals surface area (Å²) >= 11 is 6.78. The van der Waals surface area contributed by atoms with Crippen LogP contribution in [0.2, 0.25) is 0 Å². The van der Waals surface area contributed by atoms with Gasteiger partial charge in [-0.05, 0) is 74.4 Å². The molecule has 4 nitrogen and oxygen atoms in total. The summed E-state index contributed by atoms with van der Waals surface area (Å²) in [5.74, 6) is 1.49. The van der Waals surface area contributed by atoms with E-state index in [0.717, 1.165) is 25.8 Å². The highest BCUT2D eigenvalue weighted by atomic mass is 79.9. The lowest BCUT2D eigenvalue weighted by atomic mass is 10.0. The molecular formula is C21H33Br2O4P. The predicted molar refractivity (Wildman–Crippen MR) is 129 cm³/mol. The number of aliphatic hydroxyl groups is 1. The molecule has 0 aliphatic carbocycles. The first-order chi connectivity index (χ1) is 13.1. The molecule has 0 bridgehead atoms. The van der Waals surface area contributed by atoms with Gasteiger partial charge >= 0.3 is 0 Å². The summed E-state index contributed by atoms with van der Waals surface area (Å²) in [7, 11) is -0.214. The van der Waals surface area contributed by atoms with Crippen LogP contribution in [0, 0.1) is 5.92 Å². The van der Waals surface area contributed by atoms with Crippen LogP contribution in [0.15, 0.2) is 57.2 Å². The number of halogens is 2. The first-order valence-electron chi connectivity index (χ1n) is 9.00. The average molecular weight is 540 g/mol. The third-order valence-corrected chi connectivity index (χ3v) is 5.12. The number of methoxy groups -OCH3 is 1. The number of benzene rings is 1. The van der Waals surface area contributed by atoms with E-state index in [1.165, 1.54) is 0 Å². The highest BCUT2D eigenvalue weighted by molar-refractivity contribution is 9.11. The van der Waals surface area contributed by atoms with E-state index >= 15 is 0 Å². The van der Waals surface area contributed by atoms with Gasteiger partial charge in [0.2, 0.25) is 0 Å². The van der Waals surface area contributed by atoms with Crippen LogP contribution in [-0.2, 0) is 6.42 Å². The van der Waals surface area contributed by atoms with Gasteiger partial charge in [-0.3, -0.25) is 0 Å². The molecule has 0 aromatic heterocycles. The van der Waals surface area contributed by atoms with Crippen LogP contribution in [0.4, 0.5) is 0 Å². The molecule has 0 atom stereocenters. The number of rotatable bonds is 7. The zero-order valence-electron chi connectivity index (χ0n) is 17.5. The third kappa shape index (κ3) is 12.7. The number of hydrogen-bond donors (Lipinski definition) is 3. The first kappa shape index (κ1) is 29.6. The van der Waals surface area contributed by atoms with Gasteiger partial charge in [-0.15, -0.1) is 0 Å². The van der Waals surface area contributed by atoms with Crippen molar-refractivity contribution in [1.82, 2.24) is 0 Å².